The van der Waals surface area contributed by atoms with Gasteiger partial charge >= 0.3 is 0 Å². The molecule has 0 radical (unpaired) electrons. The van der Waals surface area contributed by atoms with Gasteiger partial charge in [0.15, 0.2) is 0 Å². The molecule has 1 saturated heterocycles. The van der Waals surface area contributed by atoms with Gasteiger partial charge in [-0.3, -0.25) is 19.5 Å². The molecule has 1 atom stereocenters. The summed E-state index contributed by atoms with van der Waals surface area (Å²) in [5.74, 6) is -0.494. The van der Waals surface area contributed by atoms with Gasteiger partial charge in [0, 0.05) is 23.6 Å². The van der Waals surface area contributed by atoms with Crippen LogP contribution in [-0.2, 0) is 9.59 Å². The molecule has 0 spiro atoms. The van der Waals surface area contributed by atoms with E-state index in [4.69, 9.17) is 9.47 Å². The maximum Gasteiger partial charge on any atom is 0.300 e. The fourth-order valence-corrected chi connectivity index (χ4v) is 3.61. The largest absolute Gasteiger partial charge is 0.507 e. The number of methoxy groups -OCH3 is 2. The van der Waals surface area contributed by atoms with Gasteiger partial charge in [-0.2, -0.15) is 0 Å². The third-order valence-corrected chi connectivity index (χ3v) is 5.18. The molecule has 1 aromatic heterocycles. The Kier molecular flexibility index (Phi) is 5.41. The SMILES string of the molecule is COc1ccc(/C(O)=C2/C(=O)C(=O)N(c3ccc(OC)cc3)C2c2ccncc2)cc1. The monoisotopic (exact) mass is 416 g/mol. The number of Topliss-reactive ketones (excluding diaryl/α,β-unsaturated/α-hetero) is 1. The van der Waals surface area contributed by atoms with Crippen LogP contribution in [0.15, 0.2) is 78.6 Å². The van der Waals surface area contributed by atoms with E-state index in [0.29, 0.717) is 28.3 Å². The van der Waals surface area contributed by atoms with Crippen LogP contribution >= 0.6 is 0 Å². The van der Waals surface area contributed by atoms with E-state index in [9.17, 15) is 14.7 Å². The first kappa shape index (κ1) is 20.2. The molecule has 4 rings (SSSR count). The number of rotatable bonds is 5. The van der Waals surface area contributed by atoms with Crippen LogP contribution in [-0.4, -0.2) is 36.0 Å². The second kappa shape index (κ2) is 8.31. The van der Waals surface area contributed by atoms with Crippen LogP contribution in [0.25, 0.3) is 5.76 Å². The molecular weight excluding hydrogens is 396 g/mol. The predicted molar refractivity (Wildman–Crippen MR) is 115 cm³/mol. The molecular formula is C24H20N2O5. The molecule has 1 aliphatic rings. The molecule has 1 aliphatic heterocycles. The number of aliphatic hydroxyl groups excluding tert-OH is 1. The number of benzene rings is 2. The number of hydrogen-bond donors (Lipinski definition) is 1. The number of aliphatic hydroxyl groups is 1. The molecule has 0 saturated carbocycles. The van der Waals surface area contributed by atoms with Crippen LogP contribution in [0, 0.1) is 0 Å². The van der Waals surface area contributed by atoms with E-state index in [1.807, 2.05) is 0 Å². The summed E-state index contributed by atoms with van der Waals surface area (Å²) in [4.78, 5) is 31.5. The minimum absolute atomic E-state index is 0.0113. The topological polar surface area (TPSA) is 89.0 Å². The van der Waals surface area contributed by atoms with Crippen molar-refractivity contribution in [3.05, 3.63) is 89.8 Å². The summed E-state index contributed by atoms with van der Waals surface area (Å²) >= 11 is 0. The number of nitrogens with zero attached hydrogens (tertiary/aromatic N) is 2. The number of hydrogen-bond acceptors (Lipinski definition) is 6. The van der Waals surface area contributed by atoms with Crippen LogP contribution in [0.1, 0.15) is 17.2 Å². The van der Waals surface area contributed by atoms with Gasteiger partial charge in [-0.05, 0) is 66.2 Å². The summed E-state index contributed by atoms with van der Waals surface area (Å²) in [6.07, 6.45) is 3.16. The Bertz CT molecular complexity index is 1140. The van der Waals surface area contributed by atoms with E-state index >= 15 is 0 Å². The Morgan fingerprint density at radius 2 is 1.42 bits per heavy atom. The zero-order chi connectivity index (χ0) is 22.0. The van der Waals surface area contributed by atoms with Crippen molar-refractivity contribution in [2.75, 3.05) is 19.1 Å². The maximum atomic E-state index is 13.1. The minimum atomic E-state index is -0.807. The summed E-state index contributed by atoms with van der Waals surface area (Å²) in [5.41, 5.74) is 1.59. The van der Waals surface area contributed by atoms with Crippen LogP contribution in [0.2, 0.25) is 0 Å². The Morgan fingerprint density at radius 1 is 0.871 bits per heavy atom. The van der Waals surface area contributed by atoms with Crippen LogP contribution < -0.4 is 14.4 Å². The van der Waals surface area contributed by atoms with Crippen LogP contribution in [0.4, 0.5) is 5.69 Å². The number of anilines is 1. The lowest BCUT2D eigenvalue weighted by atomic mass is 9.95. The van der Waals surface area contributed by atoms with Gasteiger partial charge in [-0.15, -0.1) is 0 Å². The third kappa shape index (κ3) is 3.61. The molecule has 2 aromatic carbocycles. The number of amides is 1. The zero-order valence-electron chi connectivity index (χ0n) is 17.0. The molecule has 1 N–H and O–H groups in total. The average Bonchev–Trinajstić information content (AvgIpc) is 3.09. The molecule has 0 bridgehead atoms. The number of carbonyl (C=O) groups is 2. The first-order chi connectivity index (χ1) is 15.0. The van der Waals surface area contributed by atoms with Crippen molar-refractivity contribution in [3.63, 3.8) is 0 Å². The van der Waals surface area contributed by atoms with Gasteiger partial charge in [0.2, 0.25) is 0 Å². The van der Waals surface area contributed by atoms with Crippen molar-refractivity contribution in [1.29, 1.82) is 0 Å². The van der Waals surface area contributed by atoms with Gasteiger partial charge in [0.05, 0.1) is 25.8 Å². The first-order valence-corrected chi connectivity index (χ1v) is 9.54. The molecule has 156 valence electrons. The van der Waals surface area contributed by atoms with E-state index in [1.54, 1.807) is 87.3 Å². The van der Waals surface area contributed by atoms with Crippen LogP contribution in [0.3, 0.4) is 0 Å². The quantitative estimate of drug-likeness (QED) is 0.387. The highest BCUT2D eigenvalue weighted by atomic mass is 16.5. The van der Waals surface area contributed by atoms with Gasteiger partial charge in [-0.1, -0.05) is 0 Å². The number of ketones is 1. The van der Waals surface area contributed by atoms with Crippen molar-refractivity contribution < 1.29 is 24.2 Å². The van der Waals surface area contributed by atoms with E-state index in [0.717, 1.165) is 0 Å². The summed E-state index contributed by atoms with van der Waals surface area (Å²) in [6.45, 7) is 0. The summed E-state index contributed by atoms with van der Waals surface area (Å²) < 4.78 is 10.3. The zero-order valence-corrected chi connectivity index (χ0v) is 17.0. The third-order valence-electron chi connectivity index (χ3n) is 5.18. The Balaban J connectivity index is 1.88. The fourth-order valence-electron chi connectivity index (χ4n) is 3.61. The number of pyridine rings is 1. The Morgan fingerprint density at radius 3 is 1.97 bits per heavy atom. The standard InChI is InChI=1S/C24H20N2O5/c1-30-18-7-3-16(4-8-18)22(27)20-21(15-11-13-25-14-12-15)26(24(29)23(20)28)17-5-9-19(31-2)10-6-17/h3-14,21,27H,1-2H3/b22-20-. The van der Waals surface area contributed by atoms with Crippen molar-refractivity contribution in [3.8, 4) is 11.5 Å². The molecule has 2 heterocycles. The molecule has 0 aliphatic carbocycles. The smallest absolute Gasteiger partial charge is 0.300 e. The lowest BCUT2D eigenvalue weighted by molar-refractivity contribution is -0.132. The lowest BCUT2D eigenvalue weighted by Gasteiger charge is -2.25. The predicted octanol–water partition coefficient (Wildman–Crippen LogP) is 3.73. The van der Waals surface area contributed by atoms with Crippen molar-refractivity contribution >= 4 is 23.1 Å². The van der Waals surface area contributed by atoms with E-state index < -0.39 is 17.7 Å². The van der Waals surface area contributed by atoms with Gasteiger partial charge in [-0.25, -0.2) is 0 Å². The molecule has 1 unspecified atom stereocenters. The second-order valence-electron chi connectivity index (χ2n) is 6.88. The molecule has 7 nitrogen and oxygen atoms in total. The van der Waals surface area contributed by atoms with Gasteiger partial charge in [0.1, 0.15) is 17.3 Å². The van der Waals surface area contributed by atoms with Crippen molar-refractivity contribution in [2.24, 2.45) is 0 Å². The Hall–Kier alpha value is -4.13. The molecule has 7 heteroatoms. The average molecular weight is 416 g/mol. The van der Waals surface area contributed by atoms with E-state index in [2.05, 4.69) is 4.98 Å². The molecule has 1 amide bonds. The van der Waals surface area contributed by atoms with E-state index in [-0.39, 0.29) is 11.3 Å². The first-order valence-electron chi connectivity index (χ1n) is 9.54. The summed E-state index contributed by atoms with van der Waals surface area (Å²) in [6, 6.07) is 16.1. The van der Waals surface area contributed by atoms with Crippen LogP contribution in [0.5, 0.6) is 11.5 Å². The normalized spacial score (nSPS) is 17.6. The molecule has 31 heavy (non-hydrogen) atoms. The Labute approximate surface area is 179 Å². The number of aromatic nitrogens is 1. The van der Waals surface area contributed by atoms with Gasteiger partial charge in [0.25, 0.3) is 11.7 Å². The van der Waals surface area contributed by atoms with Crippen molar-refractivity contribution in [2.45, 2.75) is 6.04 Å². The lowest BCUT2D eigenvalue weighted by Crippen LogP contribution is -2.29. The highest BCUT2D eigenvalue weighted by molar-refractivity contribution is 6.51. The second-order valence-corrected chi connectivity index (χ2v) is 6.88. The number of carbonyl (C=O) groups excluding carboxylic acids is 2. The van der Waals surface area contributed by atoms with Gasteiger partial charge < -0.3 is 14.6 Å². The number of ether oxygens (including phenoxy) is 2. The summed E-state index contributed by atoms with van der Waals surface area (Å²) in [7, 11) is 3.09. The maximum absolute atomic E-state index is 13.1. The fraction of sp³-hybridized carbons (Fsp3) is 0.125. The highest BCUT2D eigenvalue weighted by Crippen LogP contribution is 2.42. The van der Waals surface area contributed by atoms with Crippen molar-refractivity contribution in [1.82, 2.24) is 4.98 Å². The highest BCUT2D eigenvalue weighted by Gasteiger charge is 2.46. The van der Waals surface area contributed by atoms with E-state index in [1.165, 1.54) is 4.90 Å². The minimum Gasteiger partial charge on any atom is -0.507 e. The summed E-state index contributed by atoms with van der Waals surface area (Å²) in [5, 5.41) is 11.1. The molecule has 3 aromatic rings. The molecule has 1 fully saturated rings.